The summed E-state index contributed by atoms with van der Waals surface area (Å²) in [5.41, 5.74) is 0.421. The zero-order valence-electron chi connectivity index (χ0n) is 13.5. The topological polar surface area (TPSA) is 39.1 Å². The standard InChI is InChI=1S/C18H27N3/c1-15-9-11-17(12-10-15)21(3)14-18(13-19,20-2)16-7-5-4-6-8-16/h4-8,15,17,20H,9-12,14H2,1-3H3. The number of nitrogens with one attached hydrogen (secondary N) is 1. The van der Waals surface area contributed by atoms with Gasteiger partial charge in [0.15, 0.2) is 0 Å². The number of benzene rings is 1. The van der Waals surface area contributed by atoms with Crippen molar-refractivity contribution in [3.63, 3.8) is 0 Å². The fourth-order valence-electron chi connectivity index (χ4n) is 3.38. The molecule has 1 aromatic rings. The average molecular weight is 285 g/mol. The lowest BCUT2D eigenvalue weighted by atomic mass is 9.85. The van der Waals surface area contributed by atoms with Crippen LogP contribution in [0.4, 0.5) is 0 Å². The fourth-order valence-corrected chi connectivity index (χ4v) is 3.38. The highest BCUT2D eigenvalue weighted by Gasteiger charge is 2.34. The van der Waals surface area contributed by atoms with Crippen LogP contribution in [0.3, 0.4) is 0 Å². The second-order valence-electron chi connectivity index (χ2n) is 6.46. The van der Waals surface area contributed by atoms with Gasteiger partial charge in [-0.1, -0.05) is 37.3 Å². The van der Waals surface area contributed by atoms with Gasteiger partial charge in [-0.05, 0) is 51.3 Å². The second kappa shape index (κ2) is 7.06. The molecule has 3 heteroatoms. The predicted octanol–water partition coefficient (Wildman–Crippen LogP) is 3.14. The van der Waals surface area contributed by atoms with Gasteiger partial charge < -0.3 is 4.90 Å². The first-order valence-corrected chi connectivity index (χ1v) is 7.97. The summed E-state index contributed by atoms with van der Waals surface area (Å²) in [7, 11) is 4.04. The van der Waals surface area contributed by atoms with E-state index in [1.165, 1.54) is 25.7 Å². The van der Waals surface area contributed by atoms with Crippen molar-refractivity contribution in [1.29, 1.82) is 5.26 Å². The molecule has 1 atom stereocenters. The lowest BCUT2D eigenvalue weighted by Crippen LogP contribution is -2.50. The van der Waals surface area contributed by atoms with E-state index in [2.05, 4.69) is 30.3 Å². The van der Waals surface area contributed by atoms with Crippen molar-refractivity contribution in [3.05, 3.63) is 35.9 Å². The summed E-state index contributed by atoms with van der Waals surface area (Å²) in [6.07, 6.45) is 5.11. The van der Waals surface area contributed by atoms with E-state index in [4.69, 9.17) is 0 Å². The Labute approximate surface area is 129 Å². The molecule has 0 aromatic heterocycles. The molecule has 1 unspecified atom stereocenters. The van der Waals surface area contributed by atoms with Gasteiger partial charge in [-0.2, -0.15) is 5.26 Å². The number of hydrogen-bond donors (Lipinski definition) is 1. The molecule has 1 aliphatic carbocycles. The van der Waals surface area contributed by atoms with E-state index in [1.54, 1.807) is 0 Å². The molecule has 2 rings (SSSR count). The minimum absolute atomic E-state index is 0.603. The monoisotopic (exact) mass is 285 g/mol. The summed E-state index contributed by atoms with van der Waals surface area (Å²) in [6, 6.07) is 13.2. The van der Waals surface area contributed by atoms with Crippen LogP contribution in [0.25, 0.3) is 0 Å². The van der Waals surface area contributed by atoms with E-state index < -0.39 is 5.54 Å². The van der Waals surface area contributed by atoms with Crippen LogP contribution in [0.1, 0.15) is 38.2 Å². The van der Waals surface area contributed by atoms with E-state index in [-0.39, 0.29) is 0 Å². The Bertz CT molecular complexity index is 471. The second-order valence-corrected chi connectivity index (χ2v) is 6.46. The Morgan fingerprint density at radius 3 is 2.38 bits per heavy atom. The van der Waals surface area contributed by atoms with E-state index >= 15 is 0 Å². The van der Waals surface area contributed by atoms with E-state index in [1.807, 2.05) is 37.4 Å². The van der Waals surface area contributed by atoms with Gasteiger partial charge in [-0.3, -0.25) is 5.32 Å². The maximum atomic E-state index is 9.78. The third kappa shape index (κ3) is 3.64. The van der Waals surface area contributed by atoms with Crippen molar-refractivity contribution < 1.29 is 0 Å². The first kappa shape index (κ1) is 16.0. The summed E-state index contributed by atoms with van der Waals surface area (Å²) < 4.78 is 0. The smallest absolute Gasteiger partial charge is 0.144 e. The quantitative estimate of drug-likeness (QED) is 0.903. The first-order valence-electron chi connectivity index (χ1n) is 7.97. The molecule has 1 aliphatic rings. The summed E-state index contributed by atoms with van der Waals surface area (Å²) in [6.45, 7) is 3.07. The van der Waals surface area contributed by atoms with Crippen LogP contribution < -0.4 is 5.32 Å². The number of rotatable bonds is 5. The van der Waals surface area contributed by atoms with Crippen LogP contribution >= 0.6 is 0 Å². The largest absolute Gasteiger partial charge is 0.300 e. The van der Waals surface area contributed by atoms with Gasteiger partial charge in [0.25, 0.3) is 0 Å². The molecule has 1 fully saturated rings. The van der Waals surface area contributed by atoms with Crippen LogP contribution in [0, 0.1) is 17.2 Å². The maximum Gasteiger partial charge on any atom is 0.144 e. The Hall–Kier alpha value is -1.37. The van der Waals surface area contributed by atoms with E-state index in [0.29, 0.717) is 6.04 Å². The highest BCUT2D eigenvalue weighted by atomic mass is 15.2. The Morgan fingerprint density at radius 1 is 1.24 bits per heavy atom. The minimum Gasteiger partial charge on any atom is -0.300 e. The molecule has 1 aromatic carbocycles. The summed E-state index contributed by atoms with van der Waals surface area (Å²) in [4.78, 5) is 2.37. The summed E-state index contributed by atoms with van der Waals surface area (Å²) in [5, 5.41) is 13.0. The number of likely N-dealkylation sites (N-methyl/N-ethyl adjacent to an activating group) is 2. The van der Waals surface area contributed by atoms with Gasteiger partial charge in [0.1, 0.15) is 5.54 Å². The molecule has 1 saturated carbocycles. The van der Waals surface area contributed by atoms with Gasteiger partial charge in [0.2, 0.25) is 0 Å². The minimum atomic E-state index is -0.626. The number of hydrogen-bond acceptors (Lipinski definition) is 3. The zero-order chi connectivity index (χ0) is 15.3. The van der Waals surface area contributed by atoms with Crippen LogP contribution in [-0.2, 0) is 5.54 Å². The van der Waals surface area contributed by atoms with Crippen LogP contribution in [0.5, 0.6) is 0 Å². The molecule has 0 aliphatic heterocycles. The van der Waals surface area contributed by atoms with Crippen molar-refractivity contribution in [2.24, 2.45) is 5.92 Å². The maximum absolute atomic E-state index is 9.78. The molecule has 114 valence electrons. The molecule has 0 amide bonds. The average Bonchev–Trinajstić information content (AvgIpc) is 2.54. The van der Waals surface area contributed by atoms with Crippen LogP contribution in [0.15, 0.2) is 30.3 Å². The van der Waals surface area contributed by atoms with Gasteiger partial charge in [0, 0.05) is 12.6 Å². The highest BCUT2D eigenvalue weighted by Crippen LogP contribution is 2.29. The Kier molecular flexibility index (Phi) is 5.39. The van der Waals surface area contributed by atoms with Gasteiger partial charge in [-0.25, -0.2) is 0 Å². The number of nitriles is 1. The molecular weight excluding hydrogens is 258 g/mol. The third-order valence-corrected chi connectivity index (χ3v) is 4.98. The first-order chi connectivity index (χ1) is 10.1. The molecule has 0 bridgehead atoms. The lowest BCUT2D eigenvalue weighted by molar-refractivity contribution is 0.143. The SMILES string of the molecule is CNC(C#N)(CN(C)C1CCC(C)CC1)c1ccccc1. The van der Waals surface area contributed by atoms with E-state index in [0.717, 1.165) is 18.0 Å². The summed E-state index contributed by atoms with van der Waals surface area (Å²) >= 11 is 0. The van der Waals surface area contributed by atoms with Crippen molar-refractivity contribution >= 4 is 0 Å². The van der Waals surface area contributed by atoms with Crippen molar-refractivity contribution in [2.75, 3.05) is 20.6 Å². The van der Waals surface area contributed by atoms with Gasteiger partial charge >= 0.3 is 0 Å². The van der Waals surface area contributed by atoms with Crippen molar-refractivity contribution in [3.8, 4) is 6.07 Å². The Morgan fingerprint density at radius 2 is 1.86 bits per heavy atom. The van der Waals surface area contributed by atoms with Crippen molar-refractivity contribution in [2.45, 2.75) is 44.2 Å². The molecule has 21 heavy (non-hydrogen) atoms. The third-order valence-electron chi connectivity index (χ3n) is 4.98. The molecule has 3 nitrogen and oxygen atoms in total. The molecular formula is C18H27N3. The molecule has 0 spiro atoms. The predicted molar refractivity (Wildman–Crippen MR) is 86.8 cm³/mol. The van der Waals surface area contributed by atoms with Crippen LogP contribution in [-0.4, -0.2) is 31.6 Å². The van der Waals surface area contributed by atoms with Gasteiger partial charge in [0.05, 0.1) is 6.07 Å². The molecule has 0 saturated heterocycles. The van der Waals surface area contributed by atoms with E-state index in [9.17, 15) is 5.26 Å². The normalized spacial score (nSPS) is 25.3. The summed E-state index contributed by atoms with van der Waals surface area (Å²) in [5.74, 6) is 0.855. The lowest BCUT2D eigenvalue weighted by Gasteiger charge is -2.38. The fraction of sp³-hybridized carbons (Fsp3) is 0.611. The highest BCUT2D eigenvalue weighted by molar-refractivity contribution is 5.32. The van der Waals surface area contributed by atoms with Crippen molar-refractivity contribution in [1.82, 2.24) is 10.2 Å². The molecule has 0 radical (unpaired) electrons. The van der Waals surface area contributed by atoms with Gasteiger partial charge in [-0.15, -0.1) is 0 Å². The zero-order valence-corrected chi connectivity index (χ0v) is 13.5. The van der Waals surface area contributed by atoms with Crippen LogP contribution in [0.2, 0.25) is 0 Å². The Balaban J connectivity index is 2.11. The molecule has 1 N–H and O–H groups in total. The number of nitrogens with zero attached hydrogens (tertiary/aromatic N) is 2. The molecule has 0 heterocycles.